The summed E-state index contributed by atoms with van der Waals surface area (Å²) in [6.07, 6.45) is 3.44. The van der Waals surface area contributed by atoms with Crippen LogP contribution in [0.3, 0.4) is 0 Å². The fourth-order valence-corrected chi connectivity index (χ4v) is 2.47. The van der Waals surface area contributed by atoms with Crippen molar-refractivity contribution in [3.8, 4) is 10.4 Å². The van der Waals surface area contributed by atoms with E-state index in [9.17, 15) is 4.39 Å². The normalized spacial score (nSPS) is 10.4. The minimum atomic E-state index is -0.245. The maximum Gasteiger partial charge on any atom is 0.188 e. The molecule has 0 atom stereocenters. The number of nitrogens with zero attached hydrogens (tertiary/aromatic N) is 2. The molecule has 0 saturated carbocycles. The van der Waals surface area contributed by atoms with E-state index in [-0.39, 0.29) is 5.82 Å². The van der Waals surface area contributed by atoms with Crippen molar-refractivity contribution in [1.82, 2.24) is 9.97 Å². The molecule has 94 valence electrons. The number of thiazole rings is 1. The molecule has 0 aliphatic rings. The zero-order valence-corrected chi connectivity index (χ0v) is 10.7. The van der Waals surface area contributed by atoms with Gasteiger partial charge in [0.2, 0.25) is 0 Å². The highest BCUT2D eigenvalue weighted by molar-refractivity contribution is 7.18. The Labute approximate surface area is 113 Å². The van der Waals surface area contributed by atoms with Crippen molar-refractivity contribution in [2.45, 2.75) is 0 Å². The summed E-state index contributed by atoms with van der Waals surface area (Å²) in [4.78, 5) is 9.34. The number of pyridine rings is 1. The molecule has 0 aliphatic carbocycles. The lowest BCUT2D eigenvalue weighted by Gasteiger charge is -1.99. The van der Waals surface area contributed by atoms with Gasteiger partial charge >= 0.3 is 0 Å². The van der Waals surface area contributed by atoms with Crippen LogP contribution < -0.4 is 5.32 Å². The van der Waals surface area contributed by atoms with Crippen molar-refractivity contribution in [2.75, 3.05) is 5.32 Å². The number of halogens is 1. The topological polar surface area (TPSA) is 37.8 Å². The monoisotopic (exact) mass is 271 g/mol. The van der Waals surface area contributed by atoms with Crippen molar-refractivity contribution < 1.29 is 4.39 Å². The summed E-state index contributed by atoms with van der Waals surface area (Å²) in [6.45, 7) is 0. The summed E-state index contributed by atoms with van der Waals surface area (Å²) in [5.41, 5.74) is 0.826. The molecule has 5 heteroatoms. The second-order valence-corrected chi connectivity index (χ2v) is 4.91. The first-order valence-electron chi connectivity index (χ1n) is 5.71. The Morgan fingerprint density at radius 2 is 2.00 bits per heavy atom. The quantitative estimate of drug-likeness (QED) is 0.779. The van der Waals surface area contributed by atoms with E-state index < -0.39 is 0 Å². The summed E-state index contributed by atoms with van der Waals surface area (Å²) < 4.78 is 13.2. The fourth-order valence-electron chi connectivity index (χ4n) is 1.65. The SMILES string of the molecule is Fc1cccc(-c2cnc(Nc3ccccn3)s2)c1. The highest BCUT2D eigenvalue weighted by atomic mass is 32.1. The van der Waals surface area contributed by atoms with Crippen LogP contribution in [0.5, 0.6) is 0 Å². The first kappa shape index (κ1) is 11.8. The molecule has 0 unspecified atom stereocenters. The van der Waals surface area contributed by atoms with E-state index in [0.29, 0.717) is 0 Å². The number of hydrogen-bond donors (Lipinski definition) is 1. The highest BCUT2D eigenvalue weighted by Crippen LogP contribution is 2.30. The van der Waals surface area contributed by atoms with Crippen molar-refractivity contribution in [1.29, 1.82) is 0 Å². The fraction of sp³-hybridized carbons (Fsp3) is 0. The van der Waals surface area contributed by atoms with Crippen LogP contribution in [0.15, 0.2) is 54.9 Å². The second kappa shape index (κ2) is 5.16. The molecule has 3 aromatic rings. The van der Waals surface area contributed by atoms with Crippen molar-refractivity contribution in [3.63, 3.8) is 0 Å². The van der Waals surface area contributed by atoms with Crippen LogP contribution in [0.4, 0.5) is 15.3 Å². The summed E-state index contributed by atoms with van der Waals surface area (Å²) >= 11 is 1.46. The van der Waals surface area contributed by atoms with Crippen molar-refractivity contribution in [3.05, 3.63) is 60.7 Å². The summed E-state index contributed by atoms with van der Waals surface area (Å²) in [7, 11) is 0. The van der Waals surface area contributed by atoms with Crippen LogP contribution in [-0.2, 0) is 0 Å². The van der Waals surface area contributed by atoms with Gasteiger partial charge in [-0.2, -0.15) is 0 Å². The molecule has 0 saturated heterocycles. The maximum absolute atomic E-state index is 13.2. The van der Waals surface area contributed by atoms with E-state index in [1.54, 1.807) is 18.5 Å². The zero-order valence-electron chi connectivity index (χ0n) is 9.88. The van der Waals surface area contributed by atoms with Gasteiger partial charge in [-0.05, 0) is 29.8 Å². The van der Waals surface area contributed by atoms with Gasteiger partial charge in [-0.1, -0.05) is 29.5 Å². The smallest absolute Gasteiger partial charge is 0.188 e. The number of nitrogens with one attached hydrogen (secondary N) is 1. The maximum atomic E-state index is 13.2. The van der Waals surface area contributed by atoms with Gasteiger partial charge in [0.25, 0.3) is 0 Å². The molecule has 2 aromatic heterocycles. The average Bonchev–Trinajstić information content (AvgIpc) is 2.88. The van der Waals surface area contributed by atoms with E-state index in [1.165, 1.54) is 23.5 Å². The first-order chi connectivity index (χ1) is 9.31. The van der Waals surface area contributed by atoms with Gasteiger partial charge in [0.1, 0.15) is 11.6 Å². The third-order valence-electron chi connectivity index (χ3n) is 2.51. The molecular formula is C14H10FN3S. The van der Waals surface area contributed by atoms with E-state index in [0.717, 1.165) is 21.4 Å². The molecule has 3 rings (SSSR count). The predicted octanol–water partition coefficient (Wildman–Crippen LogP) is 4.09. The Morgan fingerprint density at radius 3 is 2.79 bits per heavy atom. The Morgan fingerprint density at radius 1 is 1.05 bits per heavy atom. The number of benzene rings is 1. The minimum absolute atomic E-state index is 0.245. The molecule has 0 bridgehead atoms. The van der Waals surface area contributed by atoms with Gasteiger partial charge in [-0.25, -0.2) is 14.4 Å². The third-order valence-corrected chi connectivity index (χ3v) is 3.48. The van der Waals surface area contributed by atoms with Gasteiger partial charge in [-0.3, -0.25) is 0 Å². The standard InChI is InChI=1S/C14H10FN3S/c15-11-5-3-4-10(8-11)12-9-17-14(19-12)18-13-6-1-2-7-16-13/h1-9H,(H,16,17,18). The van der Waals surface area contributed by atoms with E-state index >= 15 is 0 Å². The molecule has 0 spiro atoms. The van der Waals surface area contributed by atoms with Crippen LogP contribution in [0.1, 0.15) is 0 Å². The van der Waals surface area contributed by atoms with Gasteiger partial charge in [0, 0.05) is 12.4 Å². The number of rotatable bonds is 3. The Bertz CT molecular complexity index is 682. The van der Waals surface area contributed by atoms with Gasteiger partial charge in [-0.15, -0.1) is 0 Å². The van der Waals surface area contributed by atoms with E-state index in [4.69, 9.17) is 0 Å². The first-order valence-corrected chi connectivity index (χ1v) is 6.53. The number of hydrogen-bond acceptors (Lipinski definition) is 4. The zero-order chi connectivity index (χ0) is 13.1. The minimum Gasteiger partial charge on any atom is -0.316 e. The molecule has 1 aromatic carbocycles. The van der Waals surface area contributed by atoms with Crippen LogP contribution in [-0.4, -0.2) is 9.97 Å². The molecule has 0 radical (unpaired) electrons. The largest absolute Gasteiger partial charge is 0.316 e. The lowest BCUT2D eigenvalue weighted by atomic mass is 10.2. The van der Waals surface area contributed by atoms with E-state index in [2.05, 4.69) is 15.3 Å². The van der Waals surface area contributed by atoms with Crippen LogP contribution in [0.2, 0.25) is 0 Å². The number of anilines is 2. The van der Waals surface area contributed by atoms with Crippen LogP contribution in [0.25, 0.3) is 10.4 Å². The summed E-state index contributed by atoms with van der Waals surface area (Å²) in [5, 5.41) is 3.85. The molecule has 2 heterocycles. The molecule has 19 heavy (non-hydrogen) atoms. The van der Waals surface area contributed by atoms with Gasteiger partial charge < -0.3 is 5.32 Å². The summed E-state index contributed by atoms with van der Waals surface area (Å²) in [5.74, 6) is 0.493. The Balaban J connectivity index is 1.84. The Kier molecular flexibility index (Phi) is 3.20. The molecule has 3 nitrogen and oxygen atoms in total. The third kappa shape index (κ3) is 2.77. The van der Waals surface area contributed by atoms with Gasteiger partial charge in [0.05, 0.1) is 4.88 Å². The molecule has 0 aliphatic heterocycles. The molecular weight excluding hydrogens is 261 g/mol. The van der Waals surface area contributed by atoms with Gasteiger partial charge in [0.15, 0.2) is 5.13 Å². The van der Waals surface area contributed by atoms with Crippen LogP contribution >= 0.6 is 11.3 Å². The Hall–Kier alpha value is -2.27. The van der Waals surface area contributed by atoms with Crippen molar-refractivity contribution in [2.24, 2.45) is 0 Å². The summed E-state index contributed by atoms with van der Waals surface area (Å²) in [6, 6.07) is 12.1. The number of aromatic nitrogens is 2. The highest BCUT2D eigenvalue weighted by Gasteiger charge is 2.05. The predicted molar refractivity (Wildman–Crippen MR) is 75.0 cm³/mol. The molecule has 0 amide bonds. The lowest BCUT2D eigenvalue weighted by Crippen LogP contribution is -1.90. The van der Waals surface area contributed by atoms with Crippen molar-refractivity contribution >= 4 is 22.3 Å². The second-order valence-electron chi connectivity index (χ2n) is 3.88. The van der Waals surface area contributed by atoms with E-state index in [1.807, 2.05) is 24.3 Å². The molecule has 0 fully saturated rings. The average molecular weight is 271 g/mol. The lowest BCUT2D eigenvalue weighted by molar-refractivity contribution is 0.628. The van der Waals surface area contributed by atoms with Crippen LogP contribution in [0, 0.1) is 5.82 Å². The molecule has 1 N–H and O–H groups in total.